The Morgan fingerprint density at radius 3 is 2.21 bits per heavy atom. The summed E-state index contributed by atoms with van der Waals surface area (Å²) in [5.74, 6) is 3.05. The van der Waals surface area contributed by atoms with E-state index in [2.05, 4.69) is 6.07 Å². The molecular weight excluding hydrogens is 368 g/mol. The van der Waals surface area contributed by atoms with Gasteiger partial charge in [-0.05, 0) is 74.0 Å². The predicted molar refractivity (Wildman–Crippen MR) is 110 cm³/mol. The minimum Gasteiger partial charge on any atom is -0.497 e. The van der Waals surface area contributed by atoms with E-state index < -0.39 is 0 Å². The zero-order valence-electron chi connectivity index (χ0n) is 16.2. The molecule has 4 nitrogen and oxygen atoms in total. The molecule has 5 heteroatoms. The molecule has 6 rings (SSSR count). The fourth-order valence-electron chi connectivity index (χ4n) is 6.77. The van der Waals surface area contributed by atoms with E-state index in [0.29, 0.717) is 16.4 Å². The molecule has 0 spiro atoms. The average Bonchev–Trinajstić information content (AvgIpc) is 3.02. The summed E-state index contributed by atoms with van der Waals surface area (Å²) in [7, 11) is 1.64. The van der Waals surface area contributed by atoms with Crippen LogP contribution in [0.3, 0.4) is 0 Å². The van der Waals surface area contributed by atoms with Gasteiger partial charge >= 0.3 is 0 Å². The van der Waals surface area contributed by atoms with Crippen LogP contribution in [0.15, 0.2) is 34.9 Å². The second kappa shape index (κ2) is 6.56. The summed E-state index contributed by atoms with van der Waals surface area (Å²) < 4.78 is 5.27. The lowest BCUT2D eigenvalue weighted by Gasteiger charge is -2.56. The highest BCUT2D eigenvalue weighted by Gasteiger charge is 2.57. The van der Waals surface area contributed by atoms with Gasteiger partial charge in [0, 0.05) is 11.3 Å². The van der Waals surface area contributed by atoms with Gasteiger partial charge < -0.3 is 10.5 Å². The lowest BCUT2D eigenvalue weighted by Crippen LogP contribution is -2.52. The van der Waals surface area contributed by atoms with Gasteiger partial charge in [0.15, 0.2) is 5.78 Å². The third kappa shape index (κ3) is 2.69. The van der Waals surface area contributed by atoms with Crippen molar-refractivity contribution in [3.63, 3.8) is 0 Å². The average molecular weight is 395 g/mol. The van der Waals surface area contributed by atoms with E-state index in [1.54, 1.807) is 7.11 Å². The molecule has 4 bridgehead atoms. The smallest absolute Gasteiger partial charge is 0.153 e. The fraction of sp³-hybridized carbons (Fsp3) is 0.565. The van der Waals surface area contributed by atoms with Crippen molar-refractivity contribution in [2.24, 2.45) is 28.9 Å². The summed E-state index contributed by atoms with van der Waals surface area (Å²) >= 11 is 1.42. The van der Waals surface area contributed by atoms with Crippen LogP contribution in [0.2, 0.25) is 0 Å². The Hall–Kier alpha value is -1.93. The van der Waals surface area contributed by atoms with Crippen molar-refractivity contribution in [3.05, 3.63) is 40.4 Å². The van der Waals surface area contributed by atoms with Gasteiger partial charge in [-0.1, -0.05) is 23.9 Å². The summed E-state index contributed by atoms with van der Waals surface area (Å²) in [6.45, 7) is 0. The number of nitrogens with two attached hydrogens (primary N) is 1. The number of hydrogen-bond acceptors (Lipinski definition) is 5. The highest BCUT2D eigenvalue weighted by molar-refractivity contribution is 8.04. The molecule has 4 fully saturated rings. The van der Waals surface area contributed by atoms with Crippen molar-refractivity contribution in [2.45, 2.75) is 49.7 Å². The molecule has 1 aromatic rings. The predicted octanol–water partition coefficient (Wildman–Crippen LogP) is 4.37. The van der Waals surface area contributed by atoms with Crippen molar-refractivity contribution in [3.8, 4) is 11.8 Å². The molecule has 1 aromatic carbocycles. The Morgan fingerprint density at radius 2 is 1.71 bits per heavy atom. The monoisotopic (exact) mass is 394 g/mol. The number of ketones is 1. The zero-order chi connectivity index (χ0) is 19.5. The topological polar surface area (TPSA) is 76.1 Å². The van der Waals surface area contributed by atoms with E-state index >= 15 is 0 Å². The second-order valence-corrected chi connectivity index (χ2v) is 10.4. The number of hydrogen-bond donors (Lipinski definition) is 1. The molecule has 28 heavy (non-hydrogen) atoms. The molecule has 1 aliphatic heterocycles. The first kappa shape index (κ1) is 18.1. The van der Waals surface area contributed by atoms with E-state index in [0.717, 1.165) is 48.3 Å². The normalized spacial score (nSPS) is 38.5. The van der Waals surface area contributed by atoms with Crippen LogP contribution < -0.4 is 10.5 Å². The molecule has 0 amide bonds. The summed E-state index contributed by atoms with van der Waals surface area (Å²) in [4.78, 5) is 14.0. The van der Waals surface area contributed by atoms with Crippen LogP contribution in [0.25, 0.3) is 0 Å². The zero-order valence-corrected chi connectivity index (χ0v) is 17.0. The van der Waals surface area contributed by atoms with Crippen molar-refractivity contribution < 1.29 is 9.53 Å². The largest absolute Gasteiger partial charge is 0.497 e. The Kier molecular flexibility index (Phi) is 4.24. The maximum absolute atomic E-state index is 14.0. The Bertz CT molecular complexity index is 848. The highest BCUT2D eigenvalue weighted by atomic mass is 32.2. The molecule has 0 radical (unpaired) electrons. The van der Waals surface area contributed by atoms with Crippen LogP contribution in [-0.2, 0) is 4.79 Å². The third-order valence-electron chi connectivity index (χ3n) is 7.55. The molecule has 2 unspecified atom stereocenters. The Morgan fingerprint density at radius 1 is 1.14 bits per heavy atom. The molecule has 2 N–H and O–H groups in total. The third-order valence-corrected chi connectivity index (χ3v) is 8.76. The van der Waals surface area contributed by atoms with Gasteiger partial charge in [-0.3, -0.25) is 4.79 Å². The van der Waals surface area contributed by atoms with Crippen LogP contribution >= 0.6 is 11.8 Å². The minimum atomic E-state index is -0.278. The van der Waals surface area contributed by atoms with Crippen molar-refractivity contribution in [2.75, 3.05) is 7.11 Å². The molecule has 4 saturated carbocycles. The number of benzene rings is 1. The molecule has 1 heterocycles. The summed E-state index contributed by atoms with van der Waals surface area (Å²) in [6, 6.07) is 10.0. The second-order valence-electron chi connectivity index (χ2n) is 9.24. The molecule has 5 aliphatic rings. The fourth-order valence-corrected chi connectivity index (χ4v) is 8.13. The van der Waals surface area contributed by atoms with E-state index in [9.17, 15) is 10.1 Å². The van der Waals surface area contributed by atoms with Crippen molar-refractivity contribution in [1.29, 1.82) is 5.26 Å². The van der Waals surface area contributed by atoms with Gasteiger partial charge in [-0.15, -0.1) is 0 Å². The Labute approximate surface area is 170 Å². The first-order chi connectivity index (χ1) is 13.5. The van der Waals surface area contributed by atoms with Gasteiger partial charge in [0.05, 0.1) is 29.0 Å². The maximum Gasteiger partial charge on any atom is 0.153 e. The lowest BCUT2D eigenvalue weighted by molar-refractivity contribution is -0.143. The summed E-state index contributed by atoms with van der Waals surface area (Å²) in [5, 5.41) is 10.0. The van der Waals surface area contributed by atoms with Crippen molar-refractivity contribution >= 4 is 17.5 Å². The molecule has 0 aromatic heterocycles. The maximum atomic E-state index is 14.0. The lowest BCUT2D eigenvalue weighted by atomic mass is 9.48. The van der Waals surface area contributed by atoms with Crippen LogP contribution in [0, 0.1) is 34.5 Å². The van der Waals surface area contributed by atoms with Crippen LogP contribution in [0.5, 0.6) is 5.75 Å². The molecule has 0 saturated heterocycles. The van der Waals surface area contributed by atoms with Gasteiger partial charge in [0.25, 0.3) is 0 Å². The van der Waals surface area contributed by atoms with E-state index in [1.165, 1.54) is 31.0 Å². The first-order valence-corrected chi connectivity index (χ1v) is 11.2. The number of allylic oxidation sites excluding steroid dienone is 1. The minimum absolute atomic E-state index is 0.178. The van der Waals surface area contributed by atoms with Crippen LogP contribution in [-0.4, -0.2) is 18.1 Å². The summed E-state index contributed by atoms with van der Waals surface area (Å²) in [5.41, 5.74) is 7.59. The van der Waals surface area contributed by atoms with Crippen molar-refractivity contribution in [1.82, 2.24) is 0 Å². The number of carbonyl (C=O) groups excluding carboxylic acids is 1. The number of Topliss-reactive ketones (excluding diaryl/α,β-unsaturated/α-hetero) is 1. The number of carbonyl (C=O) groups is 1. The van der Waals surface area contributed by atoms with Crippen LogP contribution in [0.4, 0.5) is 0 Å². The summed E-state index contributed by atoms with van der Waals surface area (Å²) in [6.07, 6.45) is 7.09. The van der Waals surface area contributed by atoms with Gasteiger partial charge in [0.2, 0.25) is 0 Å². The standard InChI is InChI=1S/C23H26N2O2S/c1-27-17-4-2-16(3-5-17)19-18(12-24)22(25)28-20(19)21(26)23-9-13-6-14(10-23)8-15(7-13)11-23/h2-5,13-15,19-20H,6-11,25H2,1H3. The number of rotatable bonds is 4. The first-order valence-electron chi connectivity index (χ1n) is 10.3. The van der Waals surface area contributed by atoms with E-state index in [4.69, 9.17) is 10.5 Å². The van der Waals surface area contributed by atoms with Crippen LogP contribution in [0.1, 0.15) is 50.0 Å². The van der Waals surface area contributed by atoms with E-state index in [-0.39, 0.29) is 16.6 Å². The van der Waals surface area contributed by atoms with Gasteiger partial charge in [0.1, 0.15) is 5.75 Å². The molecule has 4 aliphatic carbocycles. The number of ether oxygens (including phenoxy) is 1. The highest BCUT2D eigenvalue weighted by Crippen LogP contribution is 2.62. The molecular formula is C23H26N2O2S. The number of nitrogens with zero attached hydrogens (tertiary/aromatic N) is 1. The van der Waals surface area contributed by atoms with E-state index in [1.807, 2.05) is 24.3 Å². The quantitative estimate of drug-likeness (QED) is 0.820. The number of nitriles is 1. The number of thioether (sulfide) groups is 1. The Balaban J connectivity index is 1.49. The SMILES string of the molecule is COc1ccc(C2C(C#N)=C(N)SC2C(=O)C23CC4CC(CC(C4)C2)C3)cc1. The van der Waals surface area contributed by atoms with Gasteiger partial charge in [-0.25, -0.2) is 0 Å². The molecule has 146 valence electrons. The number of methoxy groups -OCH3 is 1. The molecule has 2 atom stereocenters. The van der Waals surface area contributed by atoms with Gasteiger partial charge in [-0.2, -0.15) is 5.26 Å².